The molecule has 2 aliphatic rings. The van der Waals surface area contributed by atoms with Crippen LogP contribution in [-0.2, 0) is 19.1 Å². The van der Waals surface area contributed by atoms with Crippen LogP contribution in [0, 0.1) is 18.3 Å². The molecule has 1 N–H and O–H groups in total. The van der Waals surface area contributed by atoms with Crippen molar-refractivity contribution in [1.82, 2.24) is 4.90 Å². The number of aryl methyl sites for hydroxylation is 1. The third-order valence-electron chi connectivity index (χ3n) is 5.79. The van der Waals surface area contributed by atoms with E-state index in [1.54, 1.807) is 18.1 Å². The van der Waals surface area contributed by atoms with Crippen molar-refractivity contribution in [3.8, 4) is 0 Å². The number of hydrogen-bond acceptors (Lipinski definition) is 7. The normalized spacial score (nSPS) is 20.3. The minimum absolute atomic E-state index is 0.107. The van der Waals surface area contributed by atoms with Gasteiger partial charge in [0.25, 0.3) is 0 Å². The zero-order chi connectivity index (χ0) is 20.0. The molecule has 1 heterocycles. The maximum Gasteiger partial charge on any atom is 0.359 e. The predicted molar refractivity (Wildman–Crippen MR) is 106 cm³/mol. The number of hydrogen-bond donors (Lipinski definition) is 1. The van der Waals surface area contributed by atoms with Crippen LogP contribution in [0.5, 0.6) is 0 Å². The first-order valence-corrected chi connectivity index (χ1v) is 11.4. The van der Waals surface area contributed by atoms with E-state index in [0.717, 1.165) is 43.6 Å². The Morgan fingerprint density at radius 3 is 2.68 bits per heavy atom. The fraction of sp³-hybridized carbons (Fsp3) is 0.650. The molecule has 1 aliphatic carbocycles. The first-order valence-electron chi connectivity index (χ1n) is 9.97. The SMILES string of the molecule is Cc1ccc(S(=O)(=O)ON=C=N)c(C(CN2CCOCC2)C2CCCCC2)c1. The van der Waals surface area contributed by atoms with Crippen LogP contribution in [0.1, 0.15) is 49.1 Å². The highest BCUT2D eigenvalue weighted by atomic mass is 32.2. The van der Waals surface area contributed by atoms with Gasteiger partial charge in [-0.05, 0) is 37.3 Å². The minimum Gasteiger partial charge on any atom is -0.379 e. The Balaban J connectivity index is 1.99. The van der Waals surface area contributed by atoms with Gasteiger partial charge in [0.05, 0.1) is 13.2 Å². The lowest BCUT2D eigenvalue weighted by Gasteiger charge is -2.37. The van der Waals surface area contributed by atoms with Crippen LogP contribution in [0.25, 0.3) is 0 Å². The van der Waals surface area contributed by atoms with E-state index in [1.165, 1.54) is 19.3 Å². The van der Waals surface area contributed by atoms with Crippen molar-refractivity contribution in [3.05, 3.63) is 29.3 Å². The van der Waals surface area contributed by atoms with Crippen molar-refractivity contribution in [1.29, 1.82) is 5.41 Å². The summed E-state index contributed by atoms with van der Waals surface area (Å²) >= 11 is 0. The molecule has 1 saturated carbocycles. The fourth-order valence-electron chi connectivity index (χ4n) is 4.39. The molecule has 8 heteroatoms. The second kappa shape index (κ2) is 9.65. The monoisotopic (exact) mass is 407 g/mol. The molecule has 0 radical (unpaired) electrons. The summed E-state index contributed by atoms with van der Waals surface area (Å²) in [5, 5.41) is 9.90. The number of rotatable bonds is 7. The number of benzene rings is 1. The van der Waals surface area contributed by atoms with Crippen molar-refractivity contribution in [3.63, 3.8) is 0 Å². The first-order chi connectivity index (χ1) is 13.5. The van der Waals surface area contributed by atoms with Crippen LogP contribution < -0.4 is 0 Å². The summed E-state index contributed by atoms with van der Waals surface area (Å²) in [6, 6.07) is 6.99. The van der Waals surface area contributed by atoms with Gasteiger partial charge in [-0.3, -0.25) is 9.18 Å². The van der Waals surface area contributed by atoms with Crippen LogP contribution in [0.3, 0.4) is 0 Å². The Morgan fingerprint density at radius 1 is 1.29 bits per heavy atom. The van der Waals surface area contributed by atoms with Crippen LogP contribution >= 0.6 is 0 Å². The third-order valence-corrected chi connectivity index (χ3v) is 6.97. The molecule has 0 aromatic heterocycles. The highest BCUT2D eigenvalue weighted by Crippen LogP contribution is 2.39. The molecule has 2 fully saturated rings. The predicted octanol–water partition coefficient (Wildman–Crippen LogP) is 3.36. The molecular weight excluding hydrogens is 378 g/mol. The lowest BCUT2D eigenvalue weighted by atomic mass is 9.76. The lowest BCUT2D eigenvalue weighted by molar-refractivity contribution is 0.0306. The Hall–Kier alpha value is -1.73. The van der Waals surface area contributed by atoms with E-state index in [1.807, 2.05) is 13.0 Å². The second-order valence-corrected chi connectivity index (χ2v) is 9.19. The molecule has 1 saturated heterocycles. The van der Waals surface area contributed by atoms with E-state index in [9.17, 15) is 8.42 Å². The molecule has 0 amide bonds. The van der Waals surface area contributed by atoms with Gasteiger partial charge in [0, 0.05) is 30.7 Å². The van der Waals surface area contributed by atoms with Gasteiger partial charge < -0.3 is 4.74 Å². The lowest BCUT2D eigenvalue weighted by Crippen LogP contribution is -2.40. The van der Waals surface area contributed by atoms with Crippen molar-refractivity contribution >= 4 is 16.1 Å². The molecule has 1 aromatic carbocycles. The summed E-state index contributed by atoms with van der Waals surface area (Å²) in [6.45, 7) is 5.95. The topological polar surface area (TPSA) is 92.1 Å². The Bertz CT molecular complexity index is 809. The maximum atomic E-state index is 12.7. The second-order valence-electron chi connectivity index (χ2n) is 7.69. The van der Waals surface area contributed by atoms with Crippen molar-refractivity contribution in [2.45, 2.75) is 49.8 Å². The molecule has 3 rings (SSSR count). The average Bonchev–Trinajstić information content (AvgIpc) is 2.72. The van der Waals surface area contributed by atoms with E-state index in [-0.39, 0.29) is 10.8 Å². The number of nitrogens with zero attached hydrogens (tertiary/aromatic N) is 2. The molecule has 1 atom stereocenters. The smallest absolute Gasteiger partial charge is 0.359 e. The summed E-state index contributed by atoms with van der Waals surface area (Å²) < 4.78 is 35.6. The highest BCUT2D eigenvalue weighted by Gasteiger charge is 2.32. The largest absolute Gasteiger partial charge is 0.379 e. The van der Waals surface area contributed by atoms with Gasteiger partial charge in [-0.15, -0.1) is 0 Å². The average molecular weight is 408 g/mol. The van der Waals surface area contributed by atoms with Gasteiger partial charge in [0.15, 0.2) is 0 Å². The summed E-state index contributed by atoms with van der Waals surface area (Å²) in [7, 11) is -4.09. The van der Waals surface area contributed by atoms with Gasteiger partial charge in [0.1, 0.15) is 10.9 Å². The van der Waals surface area contributed by atoms with Gasteiger partial charge >= 0.3 is 10.1 Å². The zero-order valence-corrected chi connectivity index (χ0v) is 17.2. The van der Waals surface area contributed by atoms with Crippen LogP contribution in [0.2, 0.25) is 0 Å². The number of ether oxygens (including phenoxy) is 1. The molecule has 1 aliphatic heterocycles. The molecule has 0 spiro atoms. The first kappa shape index (κ1) is 21.0. The number of nitrogens with one attached hydrogen (secondary N) is 1. The summed E-state index contributed by atoms with van der Waals surface area (Å²) in [6.07, 6.45) is 5.85. The molecule has 1 aromatic rings. The van der Waals surface area contributed by atoms with E-state index in [0.29, 0.717) is 19.1 Å². The van der Waals surface area contributed by atoms with E-state index in [2.05, 4.69) is 14.3 Å². The number of morpholine rings is 1. The molecule has 28 heavy (non-hydrogen) atoms. The Morgan fingerprint density at radius 2 is 2.00 bits per heavy atom. The molecule has 0 bridgehead atoms. The van der Waals surface area contributed by atoms with Gasteiger partial charge in [0.2, 0.25) is 0 Å². The summed E-state index contributed by atoms with van der Waals surface area (Å²) in [5.74, 6) is 0.550. The van der Waals surface area contributed by atoms with E-state index >= 15 is 0 Å². The van der Waals surface area contributed by atoms with Crippen molar-refractivity contribution in [2.24, 2.45) is 11.1 Å². The van der Waals surface area contributed by atoms with Gasteiger partial charge in [-0.1, -0.05) is 37.0 Å². The fourth-order valence-corrected chi connectivity index (χ4v) is 5.34. The highest BCUT2D eigenvalue weighted by molar-refractivity contribution is 7.86. The standard InChI is InChI=1S/C20H29N3O4S/c1-16-7-8-20(28(24,25)27-22-15-21)18(13-16)19(17-5-3-2-4-6-17)14-23-9-11-26-12-10-23/h7-8,13,17,19,21H,2-6,9-12,14H2,1H3. The summed E-state index contributed by atoms with van der Waals surface area (Å²) in [5.41, 5.74) is 1.82. The van der Waals surface area contributed by atoms with Crippen molar-refractivity contribution in [2.75, 3.05) is 32.8 Å². The van der Waals surface area contributed by atoms with Gasteiger partial charge in [-0.25, -0.2) is 5.41 Å². The molecule has 7 nitrogen and oxygen atoms in total. The minimum atomic E-state index is -4.09. The third kappa shape index (κ3) is 5.20. The Labute approximate surface area is 167 Å². The van der Waals surface area contributed by atoms with E-state index in [4.69, 9.17) is 10.1 Å². The van der Waals surface area contributed by atoms with Crippen molar-refractivity contribution < 1.29 is 17.4 Å². The maximum absolute atomic E-state index is 12.7. The van der Waals surface area contributed by atoms with Crippen LogP contribution in [0.4, 0.5) is 0 Å². The molecular formula is C20H29N3O4S. The van der Waals surface area contributed by atoms with E-state index < -0.39 is 10.1 Å². The van der Waals surface area contributed by atoms with Crippen LogP contribution in [0.15, 0.2) is 28.3 Å². The summed E-state index contributed by atoms with van der Waals surface area (Å²) in [4.78, 5) is 2.53. The zero-order valence-electron chi connectivity index (χ0n) is 16.4. The quantitative estimate of drug-likeness (QED) is 0.553. The molecule has 1 unspecified atom stereocenters. The Kier molecular flexibility index (Phi) is 7.24. The van der Waals surface area contributed by atoms with Crippen LogP contribution in [-0.4, -0.2) is 52.2 Å². The van der Waals surface area contributed by atoms with Gasteiger partial charge in [-0.2, -0.15) is 8.42 Å². The molecule has 154 valence electrons.